The van der Waals surface area contributed by atoms with Crippen molar-refractivity contribution in [1.82, 2.24) is 4.98 Å². The van der Waals surface area contributed by atoms with Crippen molar-refractivity contribution in [2.24, 2.45) is 5.73 Å². The molecule has 1 aromatic carbocycles. The van der Waals surface area contributed by atoms with Crippen LogP contribution in [-0.2, 0) is 4.79 Å². The number of hydrogen-bond donors (Lipinski definition) is 2. The Labute approximate surface area is 112 Å². The minimum absolute atomic E-state index is 0.438. The second kappa shape index (κ2) is 4.21. The molecule has 0 spiro atoms. The maximum Gasteiger partial charge on any atom is 0.417 e. The number of fused-ring (bicyclic) bond motifs is 1. The second-order valence-corrected chi connectivity index (χ2v) is 5.25. The predicted molar refractivity (Wildman–Crippen MR) is 70.5 cm³/mol. The lowest BCUT2D eigenvalue weighted by molar-refractivity contribution is -0.117. The molecule has 0 saturated carbocycles. The SMILES string of the molecule is NC(=O)C(I)c1cc2[nH]c(=O)oc2cc1Br. The van der Waals surface area contributed by atoms with E-state index in [1.807, 2.05) is 22.6 Å². The van der Waals surface area contributed by atoms with Gasteiger partial charge < -0.3 is 10.2 Å². The quantitative estimate of drug-likeness (QED) is 0.599. The van der Waals surface area contributed by atoms with Gasteiger partial charge >= 0.3 is 5.76 Å². The zero-order valence-corrected chi connectivity index (χ0v) is 11.5. The van der Waals surface area contributed by atoms with Crippen LogP contribution in [0, 0.1) is 0 Å². The van der Waals surface area contributed by atoms with Gasteiger partial charge in [0, 0.05) is 4.47 Å². The first-order valence-electron chi connectivity index (χ1n) is 4.24. The molecular weight excluding hydrogens is 391 g/mol. The van der Waals surface area contributed by atoms with E-state index in [0.29, 0.717) is 21.1 Å². The van der Waals surface area contributed by atoms with Crippen LogP contribution in [0.25, 0.3) is 11.1 Å². The molecule has 5 nitrogen and oxygen atoms in total. The lowest BCUT2D eigenvalue weighted by Gasteiger charge is -2.07. The number of rotatable bonds is 2. The van der Waals surface area contributed by atoms with Crippen LogP contribution in [0.4, 0.5) is 0 Å². The summed E-state index contributed by atoms with van der Waals surface area (Å²) in [5.74, 6) is -0.963. The topological polar surface area (TPSA) is 89.1 Å². The van der Waals surface area contributed by atoms with E-state index in [1.165, 1.54) is 0 Å². The number of aromatic nitrogens is 1. The number of alkyl halides is 1. The van der Waals surface area contributed by atoms with Crippen LogP contribution in [0.1, 0.15) is 9.49 Å². The van der Waals surface area contributed by atoms with Gasteiger partial charge in [-0.1, -0.05) is 38.5 Å². The summed E-state index contributed by atoms with van der Waals surface area (Å²) in [6, 6.07) is 3.31. The van der Waals surface area contributed by atoms with Gasteiger partial charge in [0.15, 0.2) is 5.58 Å². The Morgan fingerprint density at radius 1 is 1.56 bits per heavy atom. The fourth-order valence-corrected chi connectivity index (χ4v) is 2.83. The van der Waals surface area contributed by atoms with E-state index in [9.17, 15) is 9.59 Å². The molecule has 2 rings (SSSR count). The average Bonchev–Trinajstić information content (AvgIpc) is 2.54. The van der Waals surface area contributed by atoms with E-state index in [-0.39, 0.29) is 0 Å². The Morgan fingerprint density at radius 2 is 2.25 bits per heavy atom. The van der Waals surface area contributed by atoms with Crippen LogP contribution in [0.15, 0.2) is 25.8 Å². The molecule has 0 saturated heterocycles. The third-order valence-corrected chi connectivity index (χ3v) is 4.03. The molecule has 0 radical (unpaired) electrons. The minimum Gasteiger partial charge on any atom is -0.408 e. The average molecular weight is 397 g/mol. The standard InChI is InChI=1S/C9H6BrIN2O3/c10-4-2-6-5(13-9(15)16-6)1-3(4)7(11)8(12)14/h1-2,7H,(H2,12,14)(H,13,15). The fourth-order valence-electron chi connectivity index (χ4n) is 1.34. The van der Waals surface area contributed by atoms with Crippen molar-refractivity contribution >= 4 is 55.5 Å². The summed E-state index contributed by atoms with van der Waals surface area (Å²) >= 11 is 5.24. The molecule has 0 fully saturated rings. The highest BCUT2D eigenvalue weighted by molar-refractivity contribution is 14.1. The van der Waals surface area contributed by atoms with Crippen molar-refractivity contribution in [2.45, 2.75) is 3.92 Å². The van der Waals surface area contributed by atoms with Crippen LogP contribution in [-0.4, -0.2) is 10.9 Å². The molecular formula is C9H6BrIN2O3. The summed E-state index contributed by atoms with van der Waals surface area (Å²) < 4.78 is 5.10. The Morgan fingerprint density at radius 3 is 2.88 bits per heavy atom. The normalized spacial score (nSPS) is 12.9. The summed E-state index contributed by atoms with van der Waals surface area (Å²) in [6.45, 7) is 0. The molecule has 7 heteroatoms. The molecule has 84 valence electrons. The zero-order chi connectivity index (χ0) is 11.9. The van der Waals surface area contributed by atoms with Gasteiger partial charge in [-0.3, -0.25) is 9.78 Å². The zero-order valence-electron chi connectivity index (χ0n) is 7.79. The molecule has 1 unspecified atom stereocenters. The smallest absolute Gasteiger partial charge is 0.408 e. The van der Waals surface area contributed by atoms with E-state index in [2.05, 4.69) is 20.9 Å². The number of benzene rings is 1. The van der Waals surface area contributed by atoms with Crippen LogP contribution in [0.2, 0.25) is 0 Å². The van der Waals surface area contributed by atoms with E-state index in [1.54, 1.807) is 12.1 Å². The molecule has 0 aliphatic carbocycles. The Hall–Kier alpha value is -0.830. The molecule has 1 atom stereocenters. The first kappa shape index (κ1) is 11.6. The molecule has 1 heterocycles. The molecule has 3 N–H and O–H groups in total. The van der Waals surface area contributed by atoms with E-state index >= 15 is 0 Å². The van der Waals surface area contributed by atoms with Gasteiger partial charge in [0.25, 0.3) is 0 Å². The molecule has 2 aromatic rings. The van der Waals surface area contributed by atoms with Crippen LogP contribution >= 0.6 is 38.5 Å². The fraction of sp³-hybridized carbons (Fsp3) is 0.111. The van der Waals surface area contributed by atoms with E-state index in [0.717, 1.165) is 0 Å². The second-order valence-electron chi connectivity index (χ2n) is 3.15. The lowest BCUT2D eigenvalue weighted by Crippen LogP contribution is -2.16. The van der Waals surface area contributed by atoms with Gasteiger partial charge in [-0.15, -0.1) is 0 Å². The van der Waals surface area contributed by atoms with Crippen molar-refractivity contribution in [3.05, 3.63) is 32.7 Å². The van der Waals surface area contributed by atoms with Crippen molar-refractivity contribution < 1.29 is 9.21 Å². The van der Waals surface area contributed by atoms with Gasteiger partial charge in [-0.05, 0) is 17.7 Å². The van der Waals surface area contributed by atoms with Gasteiger partial charge in [-0.2, -0.15) is 0 Å². The number of halogens is 2. The summed E-state index contributed by atoms with van der Waals surface area (Å²) in [6.07, 6.45) is 0. The molecule has 0 bridgehead atoms. The van der Waals surface area contributed by atoms with Crippen molar-refractivity contribution in [3.8, 4) is 0 Å². The number of carbonyl (C=O) groups is 1. The number of oxazole rings is 1. The molecule has 1 aromatic heterocycles. The van der Waals surface area contributed by atoms with Crippen LogP contribution in [0.5, 0.6) is 0 Å². The highest BCUT2D eigenvalue weighted by Crippen LogP contribution is 2.32. The van der Waals surface area contributed by atoms with Crippen molar-refractivity contribution in [2.75, 3.05) is 0 Å². The summed E-state index contributed by atoms with van der Waals surface area (Å²) in [4.78, 5) is 24.6. The largest absolute Gasteiger partial charge is 0.417 e. The van der Waals surface area contributed by atoms with Gasteiger partial charge in [-0.25, -0.2) is 4.79 Å². The monoisotopic (exact) mass is 396 g/mol. The summed E-state index contributed by atoms with van der Waals surface area (Å²) in [5, 5.41) is 0. The van der Waals surface area contributed by atoms with Crippen LogP contribution in [0.3, 0.4) is 0 Å². The van der Waals surface area contributed by atoms with Crippen LogP contribution < -0.4 is 11.5 Å². The minimum atomic E-state index is -0.525. The maximum absolute atomic E-state index is 11.1. The van der Waals surface area contributed by atoms with Gasteiger partial charge in [0.1, 0.15) is 3.92 Å². The van der Waals surface area contributed by atoms with Crippen molar-refractivity contribution in [3.63, 3.8) is 0 Å². The summed E-state index contributed by atoms with van der Waals surface area (Å²) in [7, 11) is 0. The number of nitrogens with one attached hydrogen (secondary N) is 1. The molecule has 1 amide bonds. The number of aromatic amines is 1. The highest BCUT2D eigenvalue weighted by Gasteiger charge is 2.18. The number of carbonyl (C=O) groups excluding carboxylic acids is 1. The van der Waals surface area contributed by atoms with Gasteiger partial charge in [0.05, 0.1) is 5.52 Å². The van der Waals surface area contributed by atoms with Gasteiger partial charge in [0.2, 0.25) is 5.91 Å². The third-order valence-electron chi connectivity index (χ3n) is 2.06. The Balaban J connectivity index is 2.66. The third kappa shape index (κ3) is 2.01. The number of H-pyrrole nitrogens is 1. The van der Waals surface area contributed by atoms with E-state index in [4.69, 9.17) is 10.2 Å². The molecule has 16 heavy (non-hydrogen) atoms. The number of hydrogen-bond acceptors (Lipinski definition) is 3. The lowest BCUT2D eigenvalue weighted by atomic mass is 10.1. The Kier molecular flexibility index (Phi) is 3.06. The first-order valence-corrected chi connectivity index (χ1v) is 6.28. The Bertz CT molecular complexity index is 619. The number of primary amides is 1. The van der Waals surface area contributed by atoms with E-state index < -0.39 is 15.6 Å². The predicted octanol–water partition coefficient (Wildman–Crippen LogP) is 1.84. The first-order chi connectivity index (χ1) is 7.49. The summed E-state index contributed by atoms with van der Waals surface area (Å²) in [5.41, 5.74) is 6.92. The molecule has 0 aliphatic rings. The van der Waals surface area contributed by atoms with Crippen molar-refractivity contribution in [1.29, 1.82) is 0 Å². The molecule has 0 aliphatic heterocycles. The maximum atomic E-state index is 11.1. The number of nitrogens with two attached hydrogens (primary N) is 1. The highest BCUT2D eigenvalue weighted by atomic mass is 127. The number of amides is 1.